The summed E-state index contributed by atoms with van der Waals surface area (Å²) in [6.45, 7) is 5.74. The predicted molar refractivity (Wildman–Crippen MR) is 151 cm³/mol. The molecule has 2 aromatic rings. The molecule has 2 rings (SSSR count). The number of carbonyl (C=O) groups is 2. The lowest BCUT2D eigenvalue weighted by Gasteiger charge is -2.27. The second-order valence-electron chi connectivity index (χ2n) is 9.39. The maximum atomic E-state index is 11.7. The van der Waals surface area contributed by atoms with Gasteiger partial charge in [0.05, 0.1) is 28.7 Å². The van der Waals surface area contributed by atoms with Crippen LogP contribution >= 0.6 is 34.8 Å². The first-order valence-electron chi connectivity index (χ1n) is 11.8. The van der Waals surface area contributed by atoms with E-state index >= 15 is 0 Å². The molecule has 0 aliphatic rings. The minimum absolute atomic E-state index is 0.0114. The van der Waals surface area contributed by atoms with Crippen molar-refractivity contribution in [2.45, 2.75) is 45.3 Å². The normalized spacial score (nSPS) is 13.4. The number of sulfonamides is 1. The topological polar surface area (TPSA) is 119 Å². The fraction of sp³-hybridized carbons (Fsp3) is 0.462. The number of amides is 1. The van der Waals surface area contributed by atoms with Gasteiger partial charge >= 0.3 is 5.97 Å². The standard InChI is InChI=1S/C26H32Cl3NO8S/c1-16(31)30(39(5,34)35)13-20(33)14-36-21-8-6-18(7-9-21)26(3,4)19-10-23(28)25(24(29)11-19)37-15-22(12-27)38-17(2)32/h6-11,20,22,33H,12-15H2,1-5H3/t20-,22+/m0/s1. The van der Waals surface area contributed by atoms with Crippen LogP contribution in [0.25, 0.3) is 0 Å². The SMILES string of the molecule is CC(=O)O[C@H](CCl)COc1c(Cl)cc(C(C)(C)c2ccc(OC[C@@H](O)CN(C(C)=O)S(C)(=O)=O)cc2)cc1Cl. The molecule has 13 heteroatoms. The van der Waals surface area contributed by atoms with E-state index in [1.165, 1.54) is 6.92 Å². The highest BCUT2D eigenvalue weighted by Crippen LogP contribution is 2.40. The number of nitrogens with zero attached hydrogens (tertiary/aromatic N) is 1. The number of aliphatic hydroxyl groups is 1. The summed E-state index contributed by atoms with van der Waals surface area (Å²) >= 11 is 18.8. The molecule has 0 bridgehead atoms. The monoisotopic (exact) mass is 623 g/mol. The molecule has 1 amide bonds. The summed E-state index contributed by atoms with van der Waals surface area (Å²) in [5, 5.41) is 10.7. The summed E-state index contributed by atoms with van der Waals surface area (Å²) in [5.74, 6) is -0.414. The molecule has 9 nitrogen and oxygen atoms in total. The van der Waals surface area contributed by atoms with E-state index < -0.39 is 46.1 Å². The van der Waals surface area contributed by atoms with Gasteiger partial charge in [0, 0.05) is 19.3 Å². The van der Waals surface area contributed by atoms with Gasteiger partial charge in [-0.1, -0.05) is 49.2 Å². The zero-order valence-electron chi connectivity index (χ0n) is 22.2. The van der Waals surface area contributed by atoms with Crippen molar-refractivity contribution in [1.82, 2.24) is 4.31 Å². The molecule has 2 atom stereocenters. The van der Waals surface area contributed by atoms with Crippen molar-refractivity contribution in [2.75, 3.05) is 31.9 Å². The second-order valence-corrected chi connectivity index (χ2v) is 12.4. The Hall–Kier alpha value is -2.24. The number of benzene rings is 2. The van der Waals surface area contributed by atoms with E-state index in [1.807, 2.05) is 26.0 Å². The van der Waals surface area contributed by atoms with Gasteiger partial charge in [-0.25, -0.2) is 12.7 Å². The van der Waals surface area contributed by atoms with Crippen LogP contribution in [0.3, 0.4) is 0 Å². The van der Waals surface area contributed by atoms with E-state index in [9.17, 15) is 23.1 Å². The largest absolute Gasteiger partial charge is 0.491 e. The number of alkyl halides is 1. The lowest BCUT2D eigenvalue weighted by Crippen LogP contribution is -2.41. The quantitative estimate of drug-likeness (QED) is 0.257. The van der Waals surface area contributed by atoms with Crippen LogP contribution in [-0.4, -0.2) is 73.8 Å². The first-order chi connectivity index (χ1) is 18.1. The molecule has 0 unspecified atom stereocenters. The fourth-order valence-electron chi connectivity index (χ4n) is 3.65. The van der Waals surface area contributed by atoms with Gasteiger partial charge in [-0.2, -0.15) is 0 Å². The van der Waals surface area contributed by atoms with Crippen molar-refractivity contribution < 1.29 is 37.3 Å². The number of hydrogen-bond acceptors (Lipinski definition) is 8. The third kappa shape index (κ3) is 9.42. The highest BCUT2D eigenvalue weighted by molar-refractivity contribution is 7.88. The van der Waals surface area contributed by atoms with Crippen LogP contribution in [-0.2, 0) is 29.8 Å². The first-order valence-corrected chi connectivity index (χ1v) is 14.9. The third-order valence-electron chi connectivity index (χ3n) is 5.78. The Kier molecular flexibility index (Phi) is 11.7. The maximum absolute atomic E-state index is 11.7. The van der Waals surface area contributed by atoms with Crippen LogP contribution in [0.2, 0.25) is 10.0 Å². The van der Waals surface area contributed by atoms with Crippen molar-refractivity contribution in [2.24, 2.45) is 0 Å². The first kappa shape index (κ1) is 33.0. The van der Waals surface area contributed by atoms with Gasteiger partial charge in [0.2, 0.25) is 15.9 Å². The molecule has 1 N–H and O–H groups in total. The summed E-state index contributed by atoms with van der Waals surface area (Å²) in [6, 6.07) is 10.6. The Morgan fingerprint density at radius 3 is 2.03 bits per heavy atom. The van der Waals surface area contributed by atoms with Gasteiger partial charge in [0.1, 0.15) is 31.2 Å². The fourth-order valence-corrected chi connectivity index (χ4v) is 5.31. The van der Waals surface area contributed by atoms with Gasteiger partial charge in [0.25, 0.3) is 0 Å². The van der Waals surface area contributed by atoms with Gasteiger partial charge in [-0.3, -0.25) is 9.59 Å². The summed E-state index contributed by atoms with van der Waals surface area (Å²) in [6.07, 6.45) is -0.966. The third-order valence-corrected chi connectivity index (χ3v) is 7.90. The van der Waals surface area contributed by atoms with Crippen LogP contribution < -0.4 is 9.47 Å². The van der Waals surface area contributed by atoms with Crippen LogP contribution in [0.4, 0.5) is 0 Å². The van der Waals surface area contributed by atoms with Crippen molar-refractivity contribution in [3.05, 3.63) is 57.6 Å². The molecule has 0 radical (unpaired) electrons. The number of ether oxygens (including phenoxy) is 3. The number of aliphatic hydroxyl groups excluding tert-OH is 1. The number of carbonyl (C=O) groups excluding carboxylic acids is 2. The Balaban J connectivity index is 2.10. The van der Waals surface area contributed by atoms with E-state index in [0.29, 0.717) is 10.1 Å². The number of hydrogen-bond donors (Lipinski definition) is 1. The highest BCUT2D eigenvalue weighted by Gasteiger charge is 2.27. The Morgan fingerprint density at radius 2 is 1.56 bits per heavy atom. The average Bonchev–Trinajstić information content (AvgIpc) is 2.83. The van der Waals surface area contributed by atoms with Gasteiger partial charge < -0.3 is 19.3 Å². The average molecular weight is 625 g/mol. The van der Waals surface area contributed by atoms with Gasteiger partial charge in [0.15, 0.2) is 5.75 Å². The summed E-state index contributed by atoms with van der Waals surface area (Å²) < 4.78 is 40.4. The summed E-state index contributed by atoms with van der Waals surface area (Å²) in [5.41, 5.74) is 1.19. The number of rotatable bonds is 13. The zero-order chi connectivity index (χ0) is 29.5. The van der Waals surface area contributed by atoms with Crippen molar-refractivity contribution in [1.29, 1.82) is 0 Å². The molecular weight excluding hydrogens is 593 g/mol. The van der Waals surface area contributed by atoms with Crippen molar-refractivity contribution in [3.63, 3.8) is 0 Å². The minimum atomic E-state index is -3.79. The molecule has 39 heavy (non-hydrogen) atoms. The molecular formula is C26H32Cl3NO8S. The van der Waals surface area contributed by atoms with E-state index in [1.54, 1.807) is 24.3 Å². The Morgan fingerprint density at radius 1 is 1.00 bits per heavy atom. The maximum Gasteiger partial charge on any atom is 0.303 e. The molecule has 0 fully saturated rings. The molecule has 2 aromatic carbocycles. The minimum Gasteiger partial charge on any atom is -0.491 e. The molecule has 0 aliphatic heterocycles. The highest BCUT2D eigenvalue weighted by atomic mass is 35.5. The van der Waals surface area contributed by atoms with E-state index in [0.717, 1.165) is 24.3 Å². The molecule has 0 aromatic heterocycles. The Bertz CT molecular complexity index is 1250. The predicted octanol–water partition coefficient (Wildman–Crippen LogP) is 4.42. The van der Waals surface area contributed by atoms with E-state index in [4.69, 9.17) is 49.0 Å². The molecule has 0 heterocycles. The summed E-state index contributed by atoms with van der Waals surface area (Å²) in [7, 11) is -3.79. The second kappa shape index (κ2) is 13.9. The van der Waals surface area contributed by atoms with Crippen LogP contribution in [0.15, 0.2) is 36.4 Å². The smallest absolute Gasteiger partial charge is 0.303 e. The number of halogens is 3. The molecule has 216 valence electrons. The van der Waals surface area contributed by atoms with Crippen molar-refractivity contribution in [3.8, 4) is 11.5 Å². The van der Waals surface area contributed by atoms with E-state index in [-0.39, 0.29) is 34.9 Å². The van der Waals surface area contributed by atoms with Gasteiger partial charge in [-0.15, -0.1) is 11.6 Å². The number of esters is 1. The van der Waals surface area contributed by atoms with Crippen LogP contribution in [0.5, 0.6) is 11.5 Å². The lowest BCUT2D eigenvalue weighted by molar-refractivity contribution is -0.146. The zero-order valence-corrected chi connectivity index (χ0v) is 25.3. The molecule has 0 saturated heterocycles. The van der Waals surface area contributed by atoms with E-state index in [2.05, 4.69) is 0 Å². The van der Waals surface area contributed by atoms with Crippen LogP contribution in [0, 0.1) is 0 Å². The van der Waals surface area contributed by atoms with Crippen molar-refractivity contribution >= 4 is 56.7 Å². The van der Waals surface area contributed by atoms with Crippen LogP contribution in [0.1, 0.15) is 38.8 Å². The Labute approximate surface area is 243 Å². The molecule has 0 aliphatic carbocycles. The molecule has 0 saturated carbocycles. The molecule has 0 spiro atoms. The summed E-state index contributed by atoms with van der Waals surface area (Å²) in [4.78, 5) is 22.8. The van der Waals surface area contributed by atoms with Gasteiger partial charge in [-0.05, 0) is 35.4 Å². The lowest BCUT2D eigenvalue weighted by atomic mass is 9.78.